The van der Waals surface area contributed by atoms with Gasteiger partial charge in [-0.2, -0.15) is 0 Å². The van der Waals surface area contributed by atoms with Gasteiger partial charge in [-0.25, -0.2) is 4.39 Å². The quantitative estimate of drug-likeness (QED) is 0.693. The fraction of sp³-hybridized carbons (Fsp3) is 0.333. The van der Waals surface area contributed by atoms with E-state index in [9.17, 15) is 4.39 Å². The zero-order valence-corrected chi connectivity index (χ0v) is 9.77. The summed E-state index contributed by atoms with van der Waals surface area (Å²) in [6, 6.07) is 4.96. The van der Waals surface area contributed by atoms with Gasteiger partial charge in [0, 0.05) is 16.6 Å². The summed E-state index contributed by atoms with van der Waals surface area (Å²) >= 11 is 3.66. The van der Waals surface area contributed by atoms with Crippen LogP contribution in [0, 0.1) is 5.82 Å². The SMILES string of the molecule is Fc1ccc2[nH]c3c(c2c1)CCCC3Br. The number of aromatic nitrogens is 1. The fourth-order valence-electron chi connectivity index (χ4n) is 2.38. The third-order valence-corrected chi connectivity index (χ3v) is 4.01. The van der Waals surface area contributed by atoms with Gasteiger partial charge in [-0.05, 0) is 43.0 Å². The molecule has 0 saturated heterocycles. The number of fused-ring (bicyclic) bond motifs is 3. The first-order valence-electron chi connectivity index (χ1n) is 5.20. The lowest BCUT2D eigenvalue weighted by Gasteiger charge is -2.16. The van der Waals surface area contributed by atoms with Gasteiger partial charge in [0.2, 0.25) is 0 Å². The van der Waals surface area contributed by atoms with E-state index in [0.717, 1.165) is 23.7 Å². The normalized spacial score (nSPS) is 20.5. The smallest absolute Gasteiger partial charge is 0.123 e. The molecule has 1 unspecified atom stereocenters. The molecule has 0 fully saturated rings. The molecule has 15 heavy (non-hydrogen) atoms. The molecule has 1 aliphatic rings. The number of hydrogen-bond acceptors (Lipinski definition) is 0. The number of hydrogen-bond donors (Lipinski definition) is 1. The van der Waals surface area contributed by atoms with E-state index in [0.29, 0.717) is 4.83 Å². The zero-order valence-electron chi connectivity index (χ0n) is 8.19. The number of aryl methyl sites for hydroxylation is 1. The van der Waals surface area contributed by atoms with Gasteiger partial charge in [0.15, 0.2) is 0 Å². The van der Waals surface area contributed by atoms with Crippen molar-refractivity contribution >= 4 is 26.8 Å². The highest BCUT2D eigenvalue weighted by molar-refractivity contribution is 9.09. The summed E-state index contributed by atoms with van der Waals surface area (Å²) in [4.78, 5) is 3.78. The first kappa shape index (κ1) is 9.40. The minimum Gasteiger partial charge on any atom is -0.357 e. The van der Waals surface area contributed by atoms with Crippen molar-refractivity contribution in [2.45, 2.75) is 24.1 Å². The zero-order chi connectivity index (χ0) is 10.4. The molecule has 1 heterocycles. The number of aromatic amines is 1. The van der Waals surface area contributed by atoms with E-state index in [2.05, 4.69) is 20.9 Å². The lowest BCUT2D eigenvalue weighted by Crippen LogP contribution is -2.03. The number of nitrogens with one attached hydrogen (secondary N) is 1. The number of rotatable bonds is 0. The van der Waals surface area contributed by atoms with Crippen LogP contribution in [0.25, 0.3) is 10.9 Å². The van der Waals surface area contributed by atoms with Crippen molar-refractivity contribution < 1.29 is 4.39 Å². The van der Waals surface area contributed by atoms with E-state index < -0.39 is 0 Å². The Morgan fingerprint density at radius 1 is 1.40 bits per heavy atom. The Labute approximate surface area is 95.8 Å². The maximum atomic E-state index is 13.2. The summed E-state index contributed by atoms with van der Waals surface area (Å²) in [7, 11) is 0. The Kier molecular flexibility index (Phi) is 2.09. The van der Waals surface area contributed by atoms with Crippen LogP contribution < -0.4 is 0 Å². The molecule has 1 N–H and O–H groups in total. The molecule has 1 aliphatic carbocycles. The van der Waals surface area contributed by atoms with Crippen molar-refractivity contribution in [3.63, 3.8) is 0 Å². The Balaban J connectivity index is 2.31. The molecule has 0 aliphatic heterocycles. The topological polar surface area (TPSA) is 15.8 Å². The molecule has 0 radical (unpaired) electrons. The third kappa shape index (κ3) is 1.41. The van der Waals surface area contributed by atoms with Crippen molar-refractivity contribution in [3.8, 4) is 0 Å². The molecular weight excluding hydrogens is 257 g/mol. The van der Waals surface area contributed by atoms with Crippen LogP contribution in [-0.2, 0) is 6.42 Å². The van der Waals surface area contributed by atoms with Crippen LogP contribution >= 0.6 is 15.9 Å². The van der Waals surface area contributed by atoms with Gasteiger partial charge >= 0.3 is 0 Å². The largest absolute Gasteiger partial charge is 0.357 e. The van der Waals surface area contributed by atoms with Gasteiger partial charge in [-0.1, -0.05) is 15.9 Å². The molecule has 0 saturated carbocycles. The van der Waals surface area contributed by atoms with Gasteiger partial charge in [-0.3, -0.25) is 0 Å². The Morgan fingerprint density at radius 2 is 2.27 bits per heavy atom. The summed E-state index contributed by atoms with van der Waals surface area (Å²) in [5.41, 5.74) is 3.58. The third-order valence-electron chi connectivity index (χ3n) is 3.10. The molecule has 78 valence electrons. The Morgan fingerprint density at radius 3 is 3.13 bits per heavy atom. The van der Waals surface area contributed by atoms with Crippen molar-refractivity contribution in [3.05, 3.63) is 35.3 Å². The molecule has 1 aromatic carbocycles. The van der Waals surface area contributed by atoms with Gasteiger partial charge in [0.05, 0.1) is 4.83 Å². The Hall–Kier alpha value is -0.830. The monoisotopic (exact) mass is 267 g/mol. The van der Waals surface area contributed by atoms with Crippen molar-refractivity contribution in [2.24, 2.45) is 0 Å². The summed E-state index contributed by atoms with van der Waals surface area (Å²) < 4.78 is 13.2. The van der Waals surface area contributed by atoms with Gasteiger partial charge < -0.3 is 4.98 Å². The molecule has 0 amide bonds. The minimum atomic E-state index is -0.152. The Bertz CT molecular complexity index is 518. The van der Waals surface area contributed by atoms with E-state index in [1.807, 2.05) is 6.07 Å². The maximum absolute atomic E-state index is 13.2. The van der Waals surface area contributed by atoms with E-state index >= 15 is 0 Å². The summed E-state index contributed by atoms with van der Waals surface area (Å²) in [5, 5.41) is 1.05. The molecule has 0 spiro atoms. The van der Waals surface area contributed by atoms with Crippen LogP contribution in [0.4, 0.5) is 4.39 Å². The molecule has 2 aromatic rings. The van der Waals surface area contributed by atoms with Gasteiger partial charge in [-0.15, -0.1) is 0 Å². The fourth-order valence-corrected chi connectivity index (χ4v) is 3.09. The van der Waals surface area contributed by atoms with Crippen LogP contribution in [0.2, 0.25) is 0 Å². The average Bonchev–Trinajstić information content (AvgIpc) is 2.58. The molecule has 1 atom stereocenters. The van der Waals surface area contributed by atoms with Crippen molar-refractivity contribution in [1.82, 2.24) is 4.98 Å². The van der Waals surface area contributed by atoms with Crippen LogP contribution in [-0.4, -0.2) is 4.98 Å². The summed E-state index contributed by atoms with van der Waals surface area (Å²) in [6.07, 6.45) is 3.38. The predicted octanol–water partition coefficient (Wildman–Crippen LogP) is 4.08. The maximum Gasteiger partial charge on any atom is 0.123 e. The second kappa shape index (κ2) is 3.34. The van der Waals surface area contributed by atoms with E-state index in [-0.39, 0.29) is 5.82 Å². The predicted molar refractivity (Wildman–Crippen MR) is 62.9 cm³/mol. The minimum absolute atomic E-state index is 0.152. The first-order valence-corrected chi connectivity index (χ1v) is 6.11. The van der Waals surface area contributed by atoms with Crippen molar-refractivity contribution in [1.29, 1.82) is 0 Å². The molecule has 1 aromatic heterocycles. The van der Waals surface area contributed by atoms with Gasteiger partial charge in [0.1, 0.15) is 5.82 Å². The highest BCUT2D eigenvalue weighted by Gasteiger charge is 2.22. The van der Waals surface area contributed by atoms with E-state index in [4.69, 9.17) is 0 Å². The number of benzene rings is 1. The van der Waals surface area contributed by atoms with Crippen molar-refractivity contribution in [2.75, 3.05) is 0 Å². The van der Waals surface area contributed by atoms with Gasteiger partial charge in [0.25, 0.3) is 0 Å². The standard InChI is InChI=1S/C12H11BrFN/c13-10-3-1-2-8-9-6-7(14)4-5-11(9)15-12(8)10/h4-6,10,15H,1-3H2. The van der Waals surface area contributed by atoms with E-state index in [1.54, 1.807) is 6.07 Å². The molecule has 3 heteroatoms. The molecule has 1 nitrogen and oxygen atoms in total. The second-order valence-electron chi connectivity index (χ2n) is 4.07. The summed E-state index contributed by atoms with van der Waals surface area (Å²) in [5.74, 6) is -0.152. The first-order chi connectivity index (χ1) is 7.25. The number of halogens is 2. The van der Waals surface area contributed by atoms with Crippen LogP contribution in [0.3, 0.4) is 0 Å². The summed E-state index contributed by atoms with van der Waals surface area (Å²) in [6.45, 7) is 0. The van der Waals surface area contributed by atoms with Crippen LogP contribution in [0.1, 0.15) is 28.9 Å². The highest BCUT2D eigenvalue weighted by atomic mass is 79.9. The lowest BCUT2D eigenvalue weighted by molar-refractivity contribution is 0.629. The lowest BCUT2D eigenvalue weighted by atomic mass is 9.95. The molecule has 0 bridgehead atoms. The van der Waals surface area contributed by atoms with E-state index in [1.165, 1.54) is 23.7 Å². The number of H-pyrrole nitrogens is 1. The molecular formula is C12H11BrFN. The van der Waals surface area contributed by atoms with Crippen LogP contribution in [0.15, 0.2) is 18.2 Å². The van der Waals surface area contributed by atoms with Crippen LogP contribution in [0.5, 0.6) is 0 Å². The average molecular weight is 268 g/mol. The highest BCUT2D eigenvalue weighted by Crippen LogP contribution is 2.39. The molecule has 3 rings (SSSR count). The second-order valence-corrected chi connectivity index (χ2v) is 5.17. The number of alkyl halides is 1.